The number of primary amides is 1. The van der Waals surface area contributed by atoms with Gasteiger partial charge in [-0.3, -0.25) is 4.79 Å². The van der Waals surface area contributed by atoms with E-state index in [1.165, 1.54) is 10.5 Å². The van der Waals surface area contributed by atoms with E-state index < -0.39 is 11.9 Å². The fraction of sp³-hybridized carbons (Fsp3) is 0.467. The van der Waals surface area contributed by atoms with E-state index in [1.807, 2.05) is 0 Å². The molecule has 5 nitrogen and oxygen atoms in total. The van der Waals surface area contributed by atoms with E-state index in [-0.39, 0.29) is 6.03 Å². The predicted octanol–water partition coefficient (Wildman–Crippen LogP) is 1.75. The molecular weight excluding hydrogens is 286 g/mol. The molecule has 3 N–H and O–H groups in total. The van der Waals surface area contributed by atoms with Gasteiger partial charge < -0.3 is 16.0 Å². The zero-order valence-corrected chi connectivity index (χ0v) is 13.0. The van der Waals surface area contributed by atoms with Gasteiger partial charge in [0.15, 0.2) is 0 Å². The molecular formula is C15H21N3O2S. The second-order valence-corrected chi connectivity index (χ2v) is 6.32. The Hall–Kier alpha value is -1.69. The predicted molar refractivity (Wildman–Crippen MR) is 84.2 cm³/mol. The van der Waals surface area contributed by atoms with E-state index in [9.17, 15) is 9.59 Å². The first-order valence-corrected chi connectivity index (χ1v) is 8.10. The van der Waals surface area contributed by atoms with Crippen LogP contribution in [0.3, 0.4) is 0 Å². The SMILES string of the molecule is Cc1ccc(SCCNC(=O)N2CCC[C@H]2C(N)=O)cc1. The summed E-state index contributed by atoms with van der Waals surface area (Å²) in [5, 5.41) is 2.85. The molecule has 1 aliphatic rings. The molecule has 0 unspecified atom stereocenters. The van der Waals surface area contributed by atoms with E-state index in [0.29, 0.717) is 19.5 Å². The summed E-state index contributed by atoms with van der Waals surface area (Å²) in [4.78, 5) is 26.0. The van der Waals surface area contributed by atoms with Crippen molar-refractivity contribution in [3.05, 3.63) is 29.8 Å². The van der Waals surface area contributed by atoms with Crippen molar-refractivity contribution in [3.63, 3.8) is 0 Å². The highest BCUT2D eigenvalue weighted by Crippen LogP contribution is 2.18. The Labute approximate surface area is 129 Å². The third-order valence-corrected chi connectivity index (χ3v) is 4.52. The van der Waals surface area contributed by atoms with E-state index in [4.69, 9.17) is 5.73 Å². The molecule has 1 aromatic carbocycles. The van der Waals surface area contributed by atoms with Crippen LogP contribution in [0.4, 0.5) is 4.79 Å². The van der Waals surface area contributed by atoms with Gasteiger partial charge >= 0.3 is 6.03 Å². The summed E-state index contributed by atoms with van der Waals surface area (Å²) in [7, 11) is 0. The van der Waals surface area contributed by atoms with Gasteiger partial charge in [0.2, 0.25) is 5.91 Å². The Morgan fingerprint density at radius 3 is 2.76 bits per heavy atom. The number of carbonyl (C=O) groups is 2. The number of benzene rings is 1. The number of urea groups is 1. The summed E-state index contributed by atoms with van der Waals surface area (Å²) < 4.78 is 0. The Kier molecular flexibility index (Phi) is 5.50. The number of thioether (sulfide) groups is 1. The van der Waals surface area contributed by atoms with Gasteiger partial charge in [0.05, 0.1) is 0 Å². The lowest BCUT2D eigenvalue weighted by Crippen LogP contribution is -2.48. The fourth-order valence-electron chi connectivity index (χ4n) is 2.37. The Bertz CT molecular complexity index is 504. The molecule has 0 spiro atoms. The van der Waals surface area contributed by atoms with Crippen molar-refractivity contribution in [1.29, 1.82) is 0 Å². The number of carbonyl (C=O) groups excluding carboxylic acids is 2. The highest BCUT2D eigenvalue weighted by atomic mass is 32.2. The monoisotopic (exact) mass is 307 g/mol. The summed E-state index contributed by atoms with van der Waals surface area (Å²) in [6.07, 6.45) is 1.50. The fourth-order valence-corrected chi connectivity index (χ4v) is 3.14. The van der Waals surface area contributed by atoms with Crippen LogP contribution < -0.4 is 11.1 Å². The molecule has 0 aromatic heterocycles. The number of nitrogens with zero attached hydrogens (tertiary/aromatic N) is 1. The maximum absolute atomic E-state index is 12.0. The maximum atomic E-state index is 12.0. The van der Waals surface area contributed by atoms with Crippen molar-refractivity contribution in [3.8, 4) is 0 Å². The minimum absolute atomic E-state index is 0.194. The van der Waals surface area contributed by atoms with Crippen LogP contribution in [-0.2, 0) is 4.79 Å². The quantitative estimate of drug-likeness (QED) is 0.643. The van der Waals surface area contributed by atoms with E-state index >= 15 is 0 Å². The number of rotatable bonds is 5. The van der Waals surface area contributed by atoms with Gasteiger partial charge in [0, 0.05) is 23.7 Å². The Morgan fingerprint density at radius 1 is 1.38 bits per heavy atom. The van der Waals surface area contributed by atoms with Crippen molar-refractivity contribution >= 4 is 23.7 Å². The van der Waals surface area contributed by atoms with Gasteiger partial charge in [-0.05, 0) is 31.9 Å². The third-order valence-electron chi connectivity index (χ3n) is 3.51. The first-order valence-electron chi connectivity index (χ1n) is 7.11. The minimum atomic E-state index is -0.449. The second-order valence-electron chi connectivity index (χ2n) is 5.15. The molecule has 21 heavy (non-hydrogen) atoms. The van der Waals surface area contributed by atoms with Crippen molar-refractivity contribution in [2.45, 2.75) is 30.7 Å². The van der Waals surface area contributed by atoms with E-state index in [1.54, 1.807) is 16.7 Å². The Morgan fingerprint density at radius 2 is 2.10 bits per heavy atom. The molecule has 1 heterocycles. The molecule has 1 fully saturated rings. The van der Waals surface area contributed by atoms with Crippen LogP contribution in [0.1, 0.15) is 18.4 Å². The van der Waals surface area contributed by atoms with Crippen LogP contribution in [0, 0.1) is 6.92 Å². The average molecular weight is 307 g/mol. The van der Waals surface area contributed by atoms with Crippen molar-refractivity contribution in [2.24, 2.45) is 5.73 Å². The van der Waals surface area contributed by atoms with Gasteiger partial charge in [-0.25, -0.2) is 4.79 Å². The lowest BCUT2D eigenvalue weighted by atomic mass is 10.2. The molecule has 1 aromatic rings. The zero-order chi connectivity index (χ0) is 15.2. The molecule has 1 aliphatic heterocycles. The summed E-state index contributed by atoms with van der Waals surface area (Å²) in [5.74, 6) is 0.376. The van der Waals surface area contributed by atoms with Gasteiger partial charge in [-0.1, -0.05) is 17.7 Å². The van der Waals surface area contributed by atoms with Crippen LogP contribution in [0.25, 0.3) is 0 Å². The molecule has 0 bridgehead atoms. The molecule has 2 rings (SSSR count). The number of nitrogens with one attached hydrogen (secondary N) is 1. The third kappa shape index (κ3) is 4.39. The molecule has 114 valence electrons. The Balaban J connectivity index is 1.72. The number of amides is 3. The van der Waals surface area contributed by atoms with Crippen LogP contribution in [0.2, 0.25) is 0 Å². The molecule has 0 saturated carbocycles. The minimum Gasteiger partial charge on any atom is -0.368 e. The first kappa shape index (κ1) is 15.7. The summed E-state index contributed by atoms with van der Waals surface area (Å²) in [6.45, 7) is 3.23. The molecule has 3 amide bonds. The van der Waals surface area contributed by atoms with Crippen molar-refractivity contribution in [2.75, 3.05) is 18.8 Å². The normalized spacial score (nSPS) is 17.8. The van der Waals surface area contributed by atoms with Gasteiger partial charge in [0.25, 0.3) is 0 Å². The molecule has 0 aliphatic carbocycles. The maximum Gasteiger partial charge on any atom is 0.318 e. The summed E-state index contributed by atoms with van der Waals surface area (Å²) in [6, 6.07) is 7.65. The lowest BCUT2D eigenvalue weighted by molar-refractivity contribution is -0.121. The van der Waals surface area contributed by atoms with Crippen molar-refractivity contribution < 1.29 is 9.59 Å². The highest BCUT2D eigenvalue weighted by Gasteiger charge is 2.32. The van der Waals surface area contributed by atoms with Gasteiger partial charge in [-0.2, -0.15) is 0 Å². The number of likely N-dealkylation sites (tertiary alicyclic amines) is 1. The standard InChI is InChI=1S/C15H21N3O2S/c1-11-4-6-12(7-5-11)21-10-8-17-15(20)18-9-2-3-13(18)14(16)19/h4-7,13H,2-3,8-10H2,1H3,(H2,16,19)(H,17,20)/t13-/m0/s1. The van der Waals surface area contributed by atoms with Crippen LogP contribution in [-0.4, -0.2) is 41.7 Å². The molecule has 0 radical (unpaired) electrons. The smallest absolute Gasteiger partial charge is 0.318 e. The topological polar surface area (TPSA) is 75.4 Å². The average Bonchev–Trinajstić information content (AvgIpc) is 2.95. The number of hydrogen-bond acceptors (Lipinski definition) is 3. The first-order chi connectivity index (χ1) is 10.1. The van der Waals surface area contributed by atoms with Crippen LogP contribution >= 0.6 is 11.8 Å². The molecule has 6 heteroatoms. The highest BCUT2D eigenvalue weighted by molar-refractivity contribution is 7.99. The van der Waals surface area contributed by atoms with Crippen LogP contribution in [0.15, 0.2) is 29.2 Å². The number of aryl methyl sites for hydroxylation is 1. The van der Waals surface area contributed by atoms with E-state index in [2.05, 4.69) is 36.5 Å². The van der Waals surface area contributed by atoms with Gasteiger partial charge in [0.1, 0.15) is 6.04 Å². The van der Waals surface area contributed by atoms with Crippen LogP contribution in [0.5, 0.6) is 0 Å². The zero-order valence-electron chi connectivity index (χ0n) is 12.2. The lowest BCUT2D eigenvalue weighted by Gasteiger charge is -2.22. The molecule has 1 saturated heterocycles. The largest absolute Gasteiger partial charge is 0.368 e. The second kappa shape index (κ2) is 7.36. The summed E-state index contributed by atoms with van der Waals surface area (Å²) in [5.41, 5.74) is 6.54. The number of nitrogens with two attached hydrogens (primary N) is 1. The van der Waals surface area contributed by atoms with Gasteiger partial charge in [-0.15, -0.1) is 11.8 Å². The van der Waals surface area contributed by atoms with E-state index in [0.717, 1.165) is 12.2 Å². The molecule has 1 atom stereocenters. The van der Waals surface area contributed by atoms with Crippen molar-refractivity contribution in [1.82, 2.24) is 10.2 Å². The summed E-state index contributed by atoms with van der Waals surface area (Å²) >= 11 is 1.70. The number of hydrogen-bond donors (Lipinski definition) is 2.